The van der Waals surface area contributed by atoms with Gasteiger partial charge in [0.2, 0.25) is 0 Å². The van der Waals surface area contributed by atoms with Crippen LogP contribution in [-0.4, -0.2) is 17.5 Å². The van der Waals surface area contributed by atoms with Gasteiger partial charge in [0.05, 0.1) is 5.69 Å². The van der Waals surface area contributed by atoms with Gasteiger partial charge in [-0.1, -0.05) is 0 Å². The van der Waals surface area contributed by atoms with Gasteiger partial charge in [0, 0.05) is 5.56 Å². The first-order valence-electron chi connectivity index (χ1n) is 5.12. The van der Waals surface area contributed by atoms with E-state index in [0.717, 1.165) is 14.4 Å². The maximum atomic E-state index is 11.3. The van der Waals surface area contributed by atoms with Crippen molar-refractivity contribution in [3.63, 3.8) is 0 Å². The second-order valence-electron chi connectivity index (χ2n) is 3.73. The molecule has 1 aliphatic rings. The molecule has 92 valence electrons. The molecule has 0 aliphatic carbocycles. The molecule has 7 heteroatoms. The summed E-state index contributed by atoms with van der Waals surface area (Å²) in [5.41, 5.74) is 7.25. The lowest BCUT2D eigenvalue weighted by Gasteiger charge is -2.18. The number of fused-ring (bicyclic) bond motifs is 1. The number of anilines is 2. The van der Waals surface area contributed by atoms with Gasteiger partial charge < -0.3 is 15.8 Å². The minimum atomic E-state index is -0.153. The number of aromatic nitrogens is 1. The Labute approximate surface area is 115 Å². The Morgan fingerprint density at radius 3 is 3.06 bits per heavy atom. The van der Waals surface area contributed by atoms with E-state index in [1.165, 1.54) is 11.3 Å². The van der Waals surface area contributed by atoms with Crippen molar-refractivity contribution in [1.82, 2.24) is 4.98 Å². The Morgan fingerprint density at radius 2 is 2.33 bits per heavy atom. The molecule has 3 N–H and O–H groups in total. The number of nitrogens with one attached hydrogen (secondary N) is 1. The van der Waals surface area contributed by atoms with E-state index >= 15 is 0 Å². The van der Waals surface area contributed by atoms with Gasteiger partial charge in [-0.05, 0) is 34.1 Å². The SMILES string of the molecule is Nc1nc(-c2ccc3c(c2)NC(=O)CO3)sc1Br. The number of nitrogen functional groups attached to an aromatic ring is 1. The van der Waals surface area contributed by atoms with Gasteiger partial charge in [0.25, 0.3) is 5.91 Å². The molecule has 0 bridgehead atoms. The van der Waals surface area contributed by atoms with Crippen LogP contribution in [0.1, 0.15) is 0 Å². The lowest BCUT2D eigenvalue weighted by Crippen LogP contribution is -2.25. The molecule has 1 aromatic heterocycles. The molecule has 18 heavy (non-hydrogen) atoms. The average Bonchev–Trinajstić information content (AvgIpc) is 2.69. The van der Waals surface area contributed by atoms with Crippen LogP contribution in [0.4, 0.5) is 11.5 Å². The highest BCUT2D eigenvalue weighted by Crippen LogP contribution is 2.37. The van der Waals surface area contributed by atoms with Gasteiger partial charge in [-0.25, -0.2) is 4.98 Å². The quantitative estimate of drug-likeness (QED) is 0.844. The fraction of sp³-hybridized carbons (Fsp3) is 0.0909. The summed E-state index contributed by atoms with van der Waals surface area (Å²) in [5.74, 6) is 0.981. The molecule has 0 atom stereocenters. The molecular formula is C11H8BrN3O2S. The lowest BCUT2D eigenvalue weighted by molar-refractivity contribution is -0.118. The summed E-state index contributed by atoms with van der Waals surface area (Å²) in [6, 6.07) is 5.54. The van der Waals surface area contributed by atoms with Crippen molar-refractivity contribution in [2.45, 2.75) is 0 Å². The van der Waals surface area contributed by atoms with E-state index in [4.69, 9.17) is 10.5 Å². The van der Waals surface area contributed by atoms with Gasteiger partial charge in [-0.15, -0.1) is 11.3 Å². The summed E-state index contributed by atoms with van der Waals surface area (Å²) >= 11 is 4.78. The number of ether oxygens (including phenoxy) is 1. The minimum Gasteiger partial charge on any atom is -0.482 e. The predicted molar refractivity (Wildman–Crippen MR) is 73.8 cm³/mol. The summed E-state index contributed by atoms with van der Waals surface area (Å²) in [6.45, 7) is 0.0576. The minimum absolute atomic E-state index is 0.0576. The molecule has 0 saturated carbocycles. The molecule has 0 unspecified atom stereocenters. The summed E-state index contributed by atoms with van der Waals surface area (Å²) < 4.78 is 6.09. The van der Waals surface area contributed by atoms with E-state index in [0.29, 0.717) is 17.3 Å². The van der Waals surface area contributed by atoms with Crippen LogP contribution < -0.4 is 15.8 Å². The van der Waals surface area contributed by atoms with Crippen molar-refractivity contribution in [2.75, 3.05) is 17.7 Å². The smallest absolute Gasteiger partial charge is 0.262 e. The molecule has 0 saturated heterocycles. The van der Waals surface area contributed by atoms with Crippen molar-refractivity contribution in [2.24, 2.45) is 0 Å². The number of hydrogen-bond donors (Lipinski definition) is 2. The first-order valence-corrected chi connectivity index (χ1v) is 6.73. The standard InChI is InChI=1S/C11H8BrN3O2S/c12-9-10(13)15-11(18-9)5-1-2-7-6(3-5)14-8(16)4-17-7/h1-3H,4,13H2,(H,14,16). The van der Waals surface area contributed by atoms with Gasteiger partial charge in [0.15, 0.2) is 6.61 Å². The summed E-state index contributed by atoms with van der Waals surface area (Å²) in [7, 11) is 0. The highest BCUT2D eigenvalue weighted by Gasteiger charge is 2.17. The number of carbonyl (C=O) groups excluding carboxylic acids is 1. The number of amides is 1. The molecule has 0 radical (unpaired) electrons. The fourth-order valence-electron chi connectivity index (χ4n) is 1.65. The zero-order valence-corrected chi connectivity index (χ0v) is 11.5. The molecule has 1 amide bonds. The van der Waals surface area contributed by atoms with Gasteiger partial charge >= 0.3 is 0 Å². The third-order valence-corrected chi connectivity index (χ3v) is 4.27. The van der Waals surface area contributed by atoms with Gasteiger partial charge in [-0.3, -0.25) is 4.79 Å². The van der Waals surface area contributed by atoms with Crippen LogP contribution in [-0.2, 0) is 4.79 Å². The van der Waals surface area contributed by atoms with Crippen molar-refractivity contribution in [3.8, 4) is 16.3 Å². The number of hydrogen-bond acceptors (Lipinski definition) is 5. The highest BCUT2D eigenvalue weighted by atomic mass is 79.9. The Bertz CT molecular complexity index is 622. The van der Waals surface area contributed by atoms with Gasteiger partial charge in [-0.2, -0.15) is 0 Å². The van der Waals surface area contributed by atoms with Crippen molar-refractivity contribution >= 4 is 44.7 Å². The molecule has 3 rings (SSSR count). The first kappa shape index (κ1) is 11.5. The van der Waals surface area contributed by atoms with Crippen LogP contribution in [0.3, 0.4) is 0 Å². The van der Waals surface area contributed by atoms with E-state index in [1.54, 1.807) is 0 Å². The fourth-order valence-corrected chi connectivity index (χ4v) is 2.91. The molecule has 2 aromatic rings. The Kier molecular flexibility index (Phi) is 2.71. The van der Waals surface area contributed by atoms with E-state index in [2.05, 4.69) is 26.2 Å². The maximum absolute atomic E-state index is 11.3. The van der Waals surface area contributed by atoms with Crippen LogP contribution in [0.25, 0.3) is 10.6 Å². The molecule has 0 fully saturated rings. The molecule has 2 heterocycles. The number of rotatable bonds is 1. The van der Waals surface area contributed by atoms with Crippen molar-refractivity contribution < 1.29 is 9.53 Å². The topological polar surface area (TPSA) is 77.2 Å². The number of thiazole rings is 1. The Morgan fingerprint density at radius 1 is 1.50 bits per heavy atom. The zero-order valence-electron chi connectivity index (χ0n) is 9.07. The van der Waals surface area contributed by atoms with E-state index in [1.807, 2.05) is 18.2 Å². The average molecular weight is 326 g/mol. The third kappa shape index (κ3) is 1.95. The summed E-state index contributed by atoms with van der Waals surface area (Å²) in [4.78, 5) is 15.5. The molecule has 1 aromatic carbocycles. The van der Waals surface area contributed by atoms with Gasteiger partial charge in [0.1, 0.15) is 20.4 Å². The zero-order chi connectivity index (χ0) is 12.7. The van der Waals surface area contributed by atoms with Crippen molar-refractivity contribution in [1.29, 1.82) is 0 Å². The molecule has 0 spiro atoms. The summed E-state index contributed by atoms with van der Waals surface area (Å²) in [5, 5.41) is 3.55. The van der Waals surface area contributed by atoms with Crippen LogP contribution >= 0.6 is 27.3 Å². The van der Waals surface area contributed by atoms with E-state index < -0.39 is 0 Å². The Hall–Kier alpha value is -1.60. The van der Waals surface area contributed by atoms with E-state index in [-0.39, 0.29) is 12.5 Å². The van der Waals surface area contributed by atoms with Crippen LogP contribution in [0, 0.1) is 0 Å². The van der Waals surface area contributed by atoms with Crippen molar-refractivity contribution in [3.05, 3.63) is 22.0 Å². The summed E-state index contributed by atoms with van der Waals surface area (Å²) in [6.07, 6.45) is 0. The van der Waals surface area contributed by atoms with Crippen LogP contribution in [0.2, 0.25) is 0 Å². The number of carbonyl (C=O) groups is 1. The predicted octanol–water partition coefficient (Wildman–Crippen LogP) is 2.49. The normalized spacial score (nSPS) is 13.7. The largest absolute Gasteiger partial charge is 0.482 e. The van der Waals surface area contributed by atoms with Crippen LogP contribution in [0.5, 0.6) is 5.75 Å². The number of benzene rings is 1. The maximum Gasteiger partial charge on any atom is 0.262 e. The molecule has 5 nitrogen and oxygen atoms in total. The van der Waals surface area contributed by atoms with Crippen LogP contribution in [0.15, 0.2) is 22.0 Å². The monoisotopic (exact) mass is 325 g/mol. The second kappa shape index (κ2) is 4.25. The third-order valence-electron chi connectivity index (χ3n) is 2.47. The first-order chi connectivity index (χ1) is 8.63. The number of nitrogens with zero attached hydrogens (tertiary/aromatic N) is 1. The second-order valence-corrected chi connectivity index (χ2v) is 6.04. The Balaban J connectivity index is 2.04. The molecule has 1 aliphatic heterocycles. The number of halogens is 1. The van der Waals surface area contributed by atoms with E-state index in [9.17, 15) is 4.79 Å². The lowest BCUT2D eigenvalue weighted by atomic mass is 10.2. The molecular weight excluding hydrogens is 318 g/mol. The highest BCUT2D eigenvalue weighted by molar-refractivity contribution is 9.11. The number of nitrogens with two attached hydrogens (primary N) is 1.